The van der Waals surface area contributed by atoms with Crippen molar-refractivity contribution < 1.29 is 4.52 Å². The largest absolute Gasteiger partial charge is 0.365 e. The molecule has 0 spiro atoms. The molecule has 66 valence electrons. The Balaban J connectivity index is 2.08. The Morgan fingerprint density at radius 1 is 1.67 bits per heavy atom. The molecule has 12 heavy (non-hydrogen) atoms. The summed E-state index contributed by atoms with van der Waals surface area (Å²) in [5.74, 6) is 2.92. The van der Waals surface area contributed by atoms with Crippen LogP contribution in [0.15, 0.2) is 4.52 Å². The van der Waals surface area contributed by atoms with E-state index in [1.54, 1.807) is 0 Å². The summed E-state index contributed by atoms with van der Waals surface area (Å²) in [6.07, 6.45) is 0. The third-order valence-electron chi connectivity index (χ3n) is 1.68. The van der Waals surface area contributed by atoms with Gasteiger partial charge < -0.3 is 15.6 Å². The molecule has 0 radical (unpaired) electrons. The molecule has 0 aliphatic carbocycles. The Morgan fingerprint density at radius 3 is 3.17 bits per heavy atom. The van der Waals surface area contributed by atoms with E-state index in [1.807, 2.05) is 11.8 Å². The molecule has 1 saturated heterocycles. The SMILES string of the molecule is Nc1noc(C2CSCCN2)n1. The van der Waals surface area contributed by atoms with Crippen LogP contribution in [0.2, 0.25) is 0 Å². The fourth-order valence-electron chi connectivity index (χ4n) is 1.11. The third-order valence-corrected chi connectivity index (χ3v) is 2.74. The van der Waals surface area contributed by atoms with Gasteiger partial charge in [-0.25, -0.2) is 0 Å². The van der Waals surface area contributed by atoms with Crippen molar-refractivity contribution in [1.29, 1.82) is 0 Å². The highest BCUT2D eigenvalue weighted by Gasteiger charge is 2.20. The number of nitrogens with one attached hydrogen (secondary N) is 1. The molecular weight excluding hydrogens is 176 g/mol. The quantitative estimate of drug-likeness (QED) is 0.644. The maximum Gasteiger partial charge on any atom is 0.260 e. The van der Waals surface area contributed by atoms with E-state index in [2.05, 4.69) is 15.5 Å². The van der Waals surface area contributed by atoms with Gasteiger partial charge in [-0.05, 0) is 5.16 Å². The molecule has 1 fully saturated rings. The molecule has 1 aromatic rings. The summed E-state index contributed by atoms with van der Waals surface area (Å²) >= 11 is 1.88. The molecular formula is C6H10N4OS. The van der Waals surface area contributed by atoms with Crippen molar-refractivity contribution in [1.82, 2.24) is 15.5 Å². The lowest BCUT2D eigenvalue weighted by atomic mass is 10.3. The molecule has 0 saturated carbocycles. The van der Waals surface area contributed by atoms with Crippen LogP contribution in [-0.4, -0.2) is 28.2 Å². The Morgan fingerprint density at radius 2 is 2.58 bits per heavy atom. The van der Waals surface area contributed by atoms with Crippen molar-refractivity contribution in [2.75, 3.05) is 23.8 Å². The summed E-state index contributed by atoms with van der Waals surface area (Å²) in [5, 5.41) is 6.81. The second-order valence-corrected chi connectivity index (χ2v) is 3.72. The normalized spacial score (nSPS) is 24.2. The predicted octanol–water partition coefficient (Wildman–Crippen LogP) is 0.0293. The van der Waals surface area contributed by atoms with E-state index < -0.39 is 0 Å². The van der Waals surface area contributed by atoms with E-state index in [4.69, 9.17) is 10.3 Å². The van der Waals surface area contributed by atoms with E-state index in [0.29, 0.717) is 5.89 Å². The zero-order valence-corrected chi connectivity index (χ0v) is 7.30. The van der Waals surface area contributed by atoms with Crippen LogP contribution in [0, 0.1) is 0 Å². The van der Waals surface area contributed by atoms with Crippen molar-refractivity contribution in [3.8, 4) is 0 Å². The maximum absolute atomic E-state index is 5.33. The summed E-state index contributed by atoms with van der Waals surface area (Å²) in [4.78, 5) is 3.96. The molecule has 3 N–H and O–H groups in total. The summed E-state index contributed by atoms with van der Waals surface area (Å²) in [6.45, 7) is 0.984. The number of rotatable bonds is 1. The molecule has 0 aromatic carbocycles. The van der Waals surface area contributed by atoms with Gasteiger partial charge in [0.1, 0.15) is 0 Å². The van der Waals surface area contributed by atoms with Crippen LogP contribution in [0.1, 0.15) is 11.9 Å². The molecule has 5 nitrogen and oxygen atoms in total. The van der Waals surface area contributed by atoms with Gasteiger partial charge in [-0.15, -0.1) is 0 Å². The molecule has 1 unspecified atom stereocenters. The summed E-state index contributed by atoms with van der Waals surface area (Å²) in [5.41, 5.74) is 5.33. The number of hydrogen-bond acceptors (Lipinski definition) is 6. The highest BCUT2D eigenvalue weighted by Crippen LogP contribution is 2.20. The summed E-state index contributed by atoms with van der Waals surface area (Å²) < 4.78 is 4.94. The van der Waals surface area contributed by atoms with Gasteiger partial charge in [0.2, 0.25) is 5.89 Å². The van der Waals surface area contributed by atoms with Crippen LogP contribution in [0.3, 0.4) is 0 Å². The molecule has 2 heterocycles. The average molecular weight is 186 g/mol. The van der Waals surface area contributed by atoms with E-state index >= 15 is 0 Å². The van der Waals surface area contributed by atoms with Crippen molar-refractivity contribution >= 4 is 17.7 Å². The Labute approximate surface area is 74.1 Å². The topological polar surface area (TPSA) is 77.0 Å². The number of nitrogens with zero attached hydrogens (tertiary/aromatic N) is 2. The lowest BCUT2D eigenvalue weighted by molar-refractivity contribution is 0.343. The highest BCUT2D eigenvalue weighted by molar-refractivity contribution is 7.99. The smallest absolute Gasteiger partial charge is 0.260 e. The molecule has 0 amide bonds. The molecule has 1 aliphatic heterocycles. The first-order chi connectivity index (χ1) is 5.86. The lowest BCUT2D eigenvalue weighted by Gasteiger charge is -2.18. The van der Waals surface area contributed by atoms with E-state index in [9.17, 15) is 0 Å². The predicted molar refractivity (Wildman–Crippen MR) is 46.8 cm³/mol. The van der Waals surface area contributed by atoms with Crippen LogP contribution in [0.25, 0.3) is 0 Å². The molecule has 1 aliphatic rings. The first-order valence-corrected chi connectivity index (χ1v) is 4.92. The Hall–Kier alpha value is -0.750. The zero-order valence-electron chi connectivity index (χ0n) is 6.49. The number of hydrogen-bond donors (Lipinski definition) is 2. The monoisotopic (exact) mass is 186 g/mol. The molecule has 6 heteroatoms. The van der Waals surface area contributed by atoms with Crippen LogP contribution >= 0.6 is 11.8 Å². The van der Waals surface area contributed by atoms with Gasteiger partial charge >= 0.3 is 0 Å². The number of aromatic nitrogens is 2. The average Bonchev–Trinajstić information content (AvgIpc) is 2.54. The maximum atomic E-state index is 5.33. The van der Waals surface area contributed by atoms with Crippen molar-refractivity contribution in [3.63, 3.8) is 0 Å². The molecule has 1 atom stereocenters. The van der Waals surface area contributed by atoms with Crippen LogP contribution < -0.4 is 11.1 Å². The van der Waals surface area contributed by atoms with Crippen LogP contribution in [0.4, 0.5) is 5.95 Å². The fraction of sp³-hybridized carbons (Fsp3) is 0.667. The molecule has 1 aromatic heterocycles. The van der Waals surface area contributed by atoms with Gasteiger partial charge in [-0.2, -0.15) is 16.7 Å². The third kappa shape index (κ3) is 1.54. The van der Waals surface area contributed by atoms with Gasteiger partial charge in [0.25, 0.3) is 5.95 Å². The van der Waals surface area contributed by atoms with Gasteiger partial charge in [-0.3, -0.25) is 0 Å². The molecule has 2 rings (SSSR count). The van der Waals surface area contributed by atoms with Crippen LogP contribution in [-0.2, 0) is 0 Å². The number of nitrogen functional groups attached to an aromatic ring is 1. The minimum absolute atomic E-state index is 0.175. The zero-order chi connectivity index (χ0) is 8.39. The van der Waals surface area contributed by atoms with E-state index in [1.165, 1.54) is 0 Å². The highest BCUT2D eigenvalue weighted by atomic mass is 32.2. The lowest BCUT2D eigenvalue weighted by Crippen LogP contribution is -2.30. The first-order valence-electron chi connectivity index (χ1n) is 3.76. The number of nitrogens with two attached hydrogens (primary N) is 1. The van der Waals surface area contributed by atoms with Crippen molar-refractivity contribution in [2.45, 2.75) is 6.04 Å². The van der Waals surface area contributed by atoms with Gasteiger partial charge in [0.15, 0.2) is 0 Å². The van der Waals surface area contributed by atoms with Gasteiger partial charge in [-0.1, -0.05) is 0 Å². The minimum atomic E-state index is 0.175. The van der Waals surface area contributed by atoms with Crippen LogP contribution in [0.5, 0.6) is 0 Å². The minimum Gasteiger partial charge on any atom is -0.365 e. The number of anilines is 1. The Bertz CT molecular complexity index is 258. The molecule has 0 bridgehead atoms. The van der Waals surface area contributed by atoms with E-state index in [0.717, 1.165) is 18.1 Å². The fourth-order valence-corrected chi connectivity index (χ4v) is 2.04. The van der Waals surface area contributed by atoms with Crippen molar-refractivity contribution in [3.05, 3.63) is 5.89 Å². The standard InChI is InChI=1S/C6H10N4OS/c7-6-9-5(11-10-6)4-3-12-2-1-8-4/h4,8H,1-3H2,(H2,7,10). The summed E-state index contributed by atoms with van der Waals surface area (Å²) in [6, 6.07) is 0.175. The second kappa shape index (κ2) is 3.32. The van der Waals surface area contributed by atoms with Gasteiger partial charge in [0, 0.05) is 18.1 Å². The van der Waals surface area contributed by atoms with E-state index in [-0.39, 0.29) is 12.0 Å². The second-order valence-electron chi connectivity index (χ2n) is 2.57. The van der Waals surface area contributed by atoms with Crippen molar-refractivity contribution in [2.24, 2.45) is 0 Å². The van der Waals surface area contributed by atoms with Gasteiger partial charge in [0.05, 0.1) is 6.04 Å². The first kappa shape index (κ1) is 7.88. The summed E-state index contributed by atoms with van der Waals surface area (Å²) in [7, 11) is 0. The Kier molecular flexibility index (Phi) is 2.18. The number of thioether (sulfide) groups is 1.